The molecule has 0 aliphatic heterocycles. The molecule has 0 radical (unpaired) electrons. The van der Waals surface area contributed by atoms with E-state index in [1.165, 1.54) is 0 Å². The van der Waals surface area contributed by atoms with Crippen LogP contribution in [0, 0.1) is 0 Å². The summed E-state index contributed by atoms with van der Waals surface area (Å²) in [4.78, 5) is 12.7. The largest absolute Gasteiger partial charge is 0.383 e. The normalized spacial score (nSPS) is 12.8. The quantitative estimate of drug-likeness (QED) is 0.499. The molecule has 1 unspecified atom stereocenters. The van der Waals surface area contributed by atoms with Crippen molar-refractivity contribution in [3.63, 3.8) is 0 Å². The van der Waals surface area contributed by atoms with Crippen molar-refractivity contribution < 1.29 is 9.90 Å². The Hall–Kier alpha value is -3.70. The van der Waals surface area contributed by atoms with Crippen LogP contribution in [0.2, 0.25) is 0 Å². The van der Waals surface area contributed by atoms with Crippen molar-refractivity contribution in [2.24, 2.45) is 0 Å². The second-order valence-electron chi connectivity index (χ2n) is 7.24. The number of nitrogens with zero attached hydrogens (tertiary/aromatic N) is 2. The number of nitrogens with one attached hydrogen (secondary N) is 1. The minimum absolute atomic E-state index is 0.103. The maximum absolute atomic E-state index is 12.7. The number of amides is 1. The maximum Gasteiger partial charge on any atom is 0.251 e. The van der Waals surface area contributed by atoms with Gasteiger partial charge < -0.3 is 10.4 Å². The van der Waals surface area contributed by atoms with E-state index in [1.54, 1.807) is 23.0 Å². The maximum atomic E-state index is 12.7. The molecule has 5 nitrogen and oxygen atoms in total. The monoisotopic (exact) mass is 397 g/mol. The minimum Gasteiger partial charge on any atom is -0.383 e. The van der Waals surface area contributed by atoms with E-state index in [4.69, 9.17) is 0 Å². The van der Waals surface area contributed by atoms with E-state index < -0.39 is 5.60 Å². The number of rotatable bonds is 7. The second-order valence-corrected chi connectivity index (χ2v) is 7.24. The van der Waals surface area contributed by atoms with Gasteiger partial charge in [0.1, 0.15) is 5.60 Å². The van der Waals surface area contributed by atoms with Crippen LogP contribution in [0.4, 0.5) is 0 Å². The van der Waals surface area contributed by atoms with Crippen LogP contribution in [0.15, 0.2) is 103 Å². The molecule has 0 bridgehead atoms. The molecule has 1 atom stereocenters. The first-order valence-corrected chi connectivity index (χ1v) is 9.84. The number of aromatic nitrogens is 2. The smallest absolute Gasteiger partial charge is 0.251 e. The highest BCUT2D eigenvalue weighted by molar-refractivity contribution is 5.94. The number of hydrogen-bond acceptors (Lipinski definition) is 3. The summed E-state index contributed by atoms with van der Waals surface area (Å²) in [7, 11) is 0. The molecule has 4 rings (SSSR count). The highest BCUT2D eigenvalue weighted by atomic mass is 16.3. The fourth-order valence-electron chi connectivity index (χ4n) is 3.46. The SMILES string of the molecule is O=C(NCC(O)(Cc1ccccc1)c1ccccc1)c1ccc(-n2cccn2)cc1. The first-order chi connectivity index (χ1) is 14.6. The van der Waals surface area contributed by atoms with Gasteiger partial charge in [0, 0.05) is 24.4 Å². The summed E-state index contributed by atoms with van der Waals surface area (Å²) in [5.41, 5.74) is 1.96. The summed E-state index contributed by atoms with van der Waals surface area (Å²) in [5.74, 6) is -0.232. The van der Waals surface area contributed by atoms with E-state index in [2.05, 4.69) is 10.4 Å². The van der Waals surface area contributed by atoms with E-state index in [9.17, 15) is 9.90 Å². The summed E-state index contributed by atoms with van der Waals surface area (Å²) in [5, 5.41) is 18.6. The predicted molar refractivity (Wildman–Crippen MR) is 116 cm³/mol. The van der Waals surface area contributed by atoms with Crippen LogP contribution in [-0.4, -0.2) is 27.3 Å². The Morgan fingerprint density at radius 2 is 1.57 bits per heavy atom. The van der Waals surface area contributed by atoms with Gasteiger partial charge in [0.2, 0.25) is 0 Å². The molecule has 1 amide bonds. The number of aliphatic hydroxyl groups is 1. The summed E-state index contributed by atoms with van der Waals surface area (Å²) >= 11 is 0. The highest BCUT2D eigenvalue weighted by Gasteiger charge is 2.30. The van der Waals surface area contributed by atoms with E-state index in [0.29, 0.717) is 12.0 Å². The van der Waals surface area contributed by atoms with Crippen LogP contribution >= 0.6 is 0 Å². The van der Waals surface area contributed by atoms with Crippen LogP contribution in [0.3, 0.4) is 0 Å². The number of carbonyl (C=O) groups excluding carboxylic acids is 1. The van der Waals surface area contributed by atoms with Gasteiger partial charge in [0.25, 0.3) is 5.91 Å². The standard InChI is InChI=1S/C25H23N3O2/c29-24(21-12-14-23(15-13-21)28-17-7-16-27-28)26-19-25(30,22-10-5-2-6-11-22)18-20-8-3-1-4-9-20/h1-17,30H,18-19H2,(H,26,29). The third-order valence-corrected chi connectivity index (χ3v) is 5.09. The lowest BCUT2D eigenvalue weighted by Crippen LogP contribution is -2.42. The van der Waals surface area contributed by atoms with Crippen molar-refractivity contribution in [1.82, 2.24) is 15.1 Å². The van der Waals surface area contributed by atoms with Gasteiger partial charge >= 0.3 is 0 Å². The molecule has 1 heterocycles. The van der Waals surface area contributed by atoms with Crippen LogP contribution in [0.25, 0.3) is 5.69 Å². The molecule has 0 saturated heterocycles. The average molecular weight is 397 g/mol. The molecule has 2 N–H and O–H groups in total. The Balaban J connectivity index is 1.50. The molecule has 150 valence electrons. The molecule has 1 aromatic heterocycles. The van der Waals surface area contributed by atoms with E-state index in [0.717, 1.165) is 16.8 Å². The Morgan fingerprint density at radius 1 is 0.900 bits per heavy atom. The fourth-order valence-corrected chi connectivity index (χ4v) is 3.46. The first kappa shape index (κ1) is 19.6. The first-order valence-electron chi connectivity index (χ1n) is 9.84. The Kier molecular flexibility index (Phi) is 5.72. The summed E-state index contributed by atoms with van der Waals surface area (Å²) in [6.45, 7) is 0.103. The Labute approximate surface area is 175 Å². The van der Waals surface area contributed by atoms with Crippen LogP contribution in [0.1, 0.15) is 21.5 Å². The minimum atomic E-state index is -1.22. The van der Waals surface area contributed by atoms with Crippen molar-refractivity contribution in [3.05, 3.63) is 120 Å². The lowest BCUT2D eigenvalue weighted by atomic mass is 9.87. The topological polar surface area (TPSA) is 67.2 Å². The van der Waals surface area contributed by atoms with Crippen molar-refractivity contribution in [2.45, 2.75) is 12.0 Å². The highest BCUT2D eigenvalue weighted by Crippen LogP contribution is 2.25. The summed E-state index contributed by atoms with van der Waals surface area (Å²) < 4.78 is 1.73. The number of carbonyl (C=O) groups is 1. The molecule has 0 aliphatic rings. The van der Waals surface area contributed by atoms with Crippen molar-refractivity contribution in [3.8, 4) is 5.69 Å². The number of hydrogen-bond donors (Lipinski definition) is 2. The zero-order chi connectivity index (χ0) is 20.8. The lowest BCUT2D eigenvalue weighted by molar-refractivity contribution is 0.0353. The fraction of sp³-hybridized carbons (Fsp3) is 0.120. The van der Waals surface area contributed by atoms with Crippen LogP contribution in [-0.2, 0) is 12.0 Å². The molecule has 5 heteroatoms. The zero-order valence-corrected chi connectivity index (χ0v) is 16.5. The van der Waals surface area contributed by atoms with Gasteiger partial charge in [0.15, 0.2) is 0 Å². The van der Waals surface area contributed by atoms with E-state index in [-0.39, 0.29) is 12.5 Å². The van der Waals surface area contributed by atoms with Crippen molar-refractivity contribution >= 4 is 5.91 Å². The summed E-state index contributed by atoms with van der Waals surface area (Å²) in [6, 6.07) is 28.3. The van der Waals surface area contributed by atoms with Gasteiger partial charge in [-0.1, -0.05) is 60.7 Å². The Bertz CT molecular complexity index is 1080. The molecule has 0 spiro atoms. The molecule has 4 aromatic rings. The van der Waals surface area contributed by atoms with Crippen LogP contribution in [0.5, 0.6) is 0 Å². The van der Waals surface area contributed by atoms with E-state index >= 15 is 0 Å². The molecule has 30 heavy (non-hydrogen) atoms. The average Bonchev–Trinajstić information content (AvgIpc) is 3.34. The van der Waals surface area contributed by atoms with Gasteiger partial charge in [-0.3, -0.25) is 4.79 Å². The number of benzene rings is 3. The van der Waals surface area contributed by atoms with Gasteiger partial charge in [-0.15, -0.1) is 0 Å². The molecule has 3 aromatic carbocycles. The van der Waals surface area contributed by atoms with Crippen molar-refractivity contribution in [2.75, 3.05) is 6.54 Å². The second kappa shape index (κ2) is 8.76. The van der Waals surface area contributed by atoms with Gasteiger partial charge in [-0.2, -0.15) is 5.10 Å². The molecule has 0 fully saturated rings. The van der Waals surface area contributed by atoms with Crippen LogP contribution < -0.4 is 5.32 Å². The molecule has 0 aliphatic carbocycles. The van der Waals surface area contributed by atoms with Gasteiger partial charge in [-0.05, 0) is 41.5 Å². The van der Waals surface area contributed by atoms with Crippen molar-refractivity contribution in [1.29, 1.82) is 0 Å². The molecular formula is C25H23N3O2. The summed E-state index contributed by atoms with van der Waals surface area (Å²) in [6.07, 6.45) is 3.95. The Morgan fingerprint density at radius 3 is 2.20 bits per heavy atom. The lowest BCUT2D eigenvalue weighted by Gasteiger charge is -2.29. The third-order valence-electron chi connectivity index (χ3n) is 5.09. The van der Waals surface area contributed by atoms with Gasteiger partial charge in [0.05, 0.1) is 12.2 Å². The third kappa shape index (κ3) is 4.47. The van der Waals surface area contributed by atoms with E-state index in [1.807, 2.05) is 85.1 Å². The molecular weight excluding hydrogens is 374 g/mol. The van der Waals surface area contributed by atoms with Gasteiger partial charge in [-0.25, -0.2) is 4.68 Å². The zero-order valence-electron chi connectivity index (χ0n) is 16.5. The molecule has 0 saturated carbocycles. The predicted octanol–water partition coefficient (Wildman–Crippen LogP) is 3.73.